The maximum atomic E-state index is 12.5. The van der Waals surface area contributed by atoms with Crippen LogP contribution in [0.25, 0.3) is 16.8 Å². The highest BCUT2D eigenvalue weighted by Gasteiger charge is 2.08. The first kappa shape index (κ1) is 25.3. The van der Waals surface area contributed by atoms with Crippen LogP contribution in [0, 0.1) is 0 Å². The molecule has 0 atom stereocenters. The molecule has 0 radical (unpaired) electrons. The first-order valence-corrected chi connectivity index (χ1v) is 12.1. The molecule has 5 nitrogen and oxygen atoms in total. The minimum atomic E-state index is -0.195. The summed E-state index contributed by atoms with van der Waals surface area (Å²) < 4.78 is 11.4. The van der Waals surface area contributed by atoms with Crippen LogP contribution in [0.1, 0.15) is 38.7 Å². The summed E-state index contributed by atoms with van der Waals surface area (Å²) in [5.74, 6) is 1.10. The SMILES string of the molecule is CCCN(CCC)CCCOc1cc(NC(=O)C=Cc2ccc3ccccc3c2)ccc1OC. The van der Waals surface area contributed by atoms with Crippen molar-refractivity contribution in [3.8, 4) is 11.5 Å². The summed E-state index contributed by atoms with van der Waals surface area (Å²) in [5.41, 5.74) is 1.65. The van der Waals surface area contributed by atoms with Crippen LogP contribution in [0.2, 0.25) is 0 Å². The van der Waals surface area contributed by atoms with E-state index in [-0.39, 0.29) is 5.91 Å². The highest BCUT2D eigenvalue weighted by atomic mass is 16.5. The molecular formula is C29H36N2O3. The average Bonchev–Trinajstić information content (AvgIpc) is 2.85. The molecule has 0 aliphatic heterocycles. The van der Waals surface area contributed by atoms with Crippen molar-refractivity contribution in [2.24, 2.45) is 0 Å². The van der Waals surface area contributed by atoms with Crippen molar-refractivity contribution in [3.05, 3.63) is 72.3 Å². The van der Waals surface area contributed by atoms with Crippen LogP contribution in [0.4, 0.5) is 5.69 Å². The second-order valence-corrected chi connectivity index (χ2v) is 8.34. The van der Waals surface area contributed by atoms with E-state index in [0.29, 0.717) is 23.8 Å². The quantitative estimate of drug-likeness (QED) is 0.237. The minimum absolute atomic E-state index is 0.195. The van der Waals surface area contributed by atoms with Gasteiger partial charge in [-0.1, -0.05) is 50.2 Å². The summed E-state index contributed by atoms with van der Waals surface area (Å²) >= 11 is 0. The summed E-state index contributed by atoms with van der Waals surface area (Å²) in [4.78, 5) is 15.0. The molecule has 180 valence electrons. The number of nitrogens with zero attached hydrogens (tertiary/aromatic N) is 1. The van der Waals surface area contributed by atoms with Crippen molar-refractivity contribution in [2.75, 3.05) is 38.7 Å². The van der Waals surface area contributed by atoms with Gasteiger partial charge in [-0.25, -0.2) is 0 Å². The van der Waals surface area contributed by atoms with Gasteiger partial charge in [0.2, 0.25) is 5.91 Å². The first-order valence-electron chi connectivity index (χ1n) is 12.1. The fourth-order valence-electron chi connectivity index (χ4n) is 3.97. The zero-order valence-electron chi connectivity index (χ0n) is 20.5. The number of carbonyl (C=O) groups excluding carboxylic acids is 1. The van der Waals surface area contributed by atoms with Gasteiger partial charge in [0, 0.05) is 24.4 Å². The van der Waals surface area contributed by atoms with Gasteiger partial charge in [-0.15, -0.1) is 0 Å². The predicted molar refractivity (Wildman–Crippen MR) is 142 cm³/mol. The summed E-state index contributed by atoms with van der Waals surface area (Å²) in [6.07, 6.45) is 6.62. The minimum Gasteiger partial charge on any atom is -0.493 e. The van der Waals surface area contributed by atoms with E-state index in [1.54, 1.807) is 13.2 Å². The number of ether oxygens (including phenoxy) is 2. The van der Waals surface area contributed by atoms with Crippen LogP contribution in [0.3, 0.4) is 0 Å². The van der Waals surface area contributed by atoms with Gasteiger partial charge in [-0.2, -0.15) is 0 Å². The maximum Gasteiger partial charge on any atom is 0.248 e. The number of hydrogen-bond acceptors (Lipinski definition) is 4. The van der Waals surface area contributed by atoms with Crippen molar-refractivity contribution < 1.29 is 14.3 Å². The van der Waals surface area contributed by atoms with Gasteiger partial charge >= 0.3 is 0 Å². The Hall–Kier alpha value is -3.31. The molecule has 0 fully saturated rings. The lowest BCUT2D eigenvalue weighted by atomic mass is 10.1. The van der Waals surface area contributed by atoms with Gasteiger partial charge < -0.3 is 19.7 Å². The van der Waals surface area contributed by atoms with Gasteiger partial charge in [-0.05, 0) is 73.0 Å². The number of carbonyl (C=O) groups is 1. The van der Waals surface area contributed by atoms with E-state index in [1.165, 1.54) is 5.39 Å². The highest BCUT2D eigenvalue weighted by Crippen LogP contribution is 2.30. The van der Waals surface area contributed by atoms with E-state index >= 15 is 0 Å². The fourth-order valence-corrected chi connectivity index (χ4v) is 3.97. The second-order valence-electron chi connectivity index (χ2n) is 8.34. The number of nitrogens with one attached hydrogen (secondary N) is 1. The van der Waals surface area contributed by atoms with Crippen LogP contribution in [-0.4, -0.2) is 44.2 Å². The number of methoxy groups -OCH3 is 1. The molecule has 3 rings (SSSR count). The third kappa shape index (κ3) is 7.63. The smallest absolute Gasteiger partial charge is 0.248 e. The lowest BCUT2D eigenvalue weighted by Gasteiger charge is -2.21. The molecule has 0 saturated carbocycles. The molecule has 1 N–H and O–H groups in total. The zero-order valence-corrected chi connectivity index (χ0v) is 20.5. The summed E-state index contributed by atoms with van der Waals surface area (Å²) in [6.45, 7) is 8.26. The summed E-state index contributed by atoms with van der Waals surface area (Å²) in [7, 11) is 1.62. The topological polar surface area (TPSA) is 50.8 Å². The number of rotatable bonds is 13. The molecule has 0 aromatic heterocycles. The monoisotopic (exact) mass is 460 g/mol. The Morgan fingerprint density at radius 2 is 1.68 bits per heavy atom. The Balaban J connectivity index is 1.57. The summed E-state index contributed by atoms with van der Waals surface area (Å²) in [6, 6.07) is 19.8. The van der Waals surface area contributed by atoms with E-state index in [0.717, 1.165) is 49.8 Å². The van der Waals surface area contributed by atoms with Crippen LogP contribution < -0.4 is 14.8 Å². The lowest BCUT2D eigenvalue weighted by molar-refractivity contribution is -0.111. The number of hydrogen-bond donors (Lipinski definition) is 1. The molecule has 0 spiro atoms. The van der Waals surface area contributed by atoms with Crippen molar-refractivity contribution in [1.29, 1.82) is 0 Å². The Morgan fingerprint density at radius 3 is 2.41 bits per heavy atom. The standard InChI is InChI=1S/C29H36N2O3/c1-4-17-31(18-5-2)19-8-20-34-28-22-26(14-15-27(28)33-3)30-29(32)16-12-23-11-13-24-9-6-7-10-25(24)21-23/h6-7,9-16,21-22H,4-5,8,17-20H2,1-3H3,(H,30,32). The van der Waals surface area contributed by atoms with Gasteiger partial charge in [0.25, 0.3) is 0 Å². The van der Waals surface area contributed by atoms with E-state index < -0.39 is 0 Å². The molecule has 3 aromatic carbocycles. The number of amides is 1. The molecule has 34 heavy (non-hydrogen) atoms. The number of anilines is 1. The fraction of sp³-hybridized carbons (Fsp3) is 0.345. The van der Waals surface area contributed by atoms with Gasteiger partial charge in [0.15, 0.2) is 11.5 Å². The normalized spacial score (nSPS) is 11.3. The van der Waals surface area contributed by atoms with E-state index in [1.807, 2.05) is 42.5 Å². The Kier molecular flexibility index (Phi) is 9.98. The molecule has 0 heterocycles. The molecule has 3 aromatic rings. The van der Waals surface area contributed by atoms with Gasteiger partial charge in [-0.3, -0.25) is 4.79 Å². The Morgan fingerprint density at radius 1 is 0.912 bits per heavy atom. The summed E-state index contributed by atoms with van der Waals surface area (Å²) in [5, 5.41) is 5.24. The van der Waals surface area contributed by atoms with E-state index in [2.05, 4.69) is 48.3 Å². The molecule has 5 heteroatoms. The van der Waals surface area contributed by atoms with Crippen molar-refractivity contribution in [1.82, 2.24) is 4.90 Å². The Bertz CT molecular complexity index is 1090. The first-order chi connectivity index (χ1) is 16.6. The second kappa shape index (κ2) is 13.4. The van der Waals surface area contributed by atoms with E-state index in [9.17, 15) is 4.79 Å². The van der Waals surface area contributed by atoms with Gasteiger partial charge in [0.1, 0.15) is 0 Å². The average molecular weight is 461 g/mol. The highest BCUT2D eigenvalue weighted by molar-refractivity contribution is 6.02. The van der Waals surface area contributed by atoms with E-state index in [4.69, 9.17) is 9.47 Å². The van der Waals surface area contributed by atoms with Crippen LogP contribution in [0.15, 0.2) is 66.7 Å². The third-order valence-corrected chi connectivity index (χ3v) is 5.59. The van der Waals surface area contributed by atoms with Gasteiger partial charge in [0.05, 0.1) is 13.7 Å². The van der Waals surface area contributed by atoms with Crippen molar-refractivity contribution >= 4 is 28.4 Å². The number of benzene rings is 3. The number of fused-ring (bicyclic) bond motifs is 1. The molecule has 0 unspecified atom stereocenters. The van der Waals surface area contributed by atoms with Crippen molar-refractivity contribution in [3.63, 3.8) is 0 Å². The zero-order chi connectivity index (χ0) is 24.2. The lowest BCUT2D eigenvalue weighted by Crippen LogP contribution is -2.27. The third-order valence-electron chi connectivity index (χ3n) is 5.59. The maximum absolute atomic E-state index is 12.5. The molecule has 0 aliphatic carbocycles. The molecule has 1 amide bonds. The van der Waals surface area contributed by atoms with Crippen LogP contribution >= 0.6 is 0 Å². The largest absolute Gasteiger partial charge is 0.493 e. The Labute approximate surface area is 203 Å². The van der Waals surface area contributed by atoms with Crippen LogP contribution in [0.5, 0.6) is 11.5 Å². The molecule has 0 bridgehead atoms. The molecule has 0 aliphatic rings. The van der Waals surface area contributed by atoms with Crippen LogP contribution in [-0.2, 0) is 4.79 Å². The molecule has 0 saturated heterocycles. The predicted octanol–water partition coefficient (Wildman–Crippen LogP) is 6.39. The van der Waals surface area contributed by atoms with Crippen molar-refractivity contribution in [2.45, 2.75) is 33.1 Å². The molecular weight excluding hydrogens is 424 g/mol.